The van der Waals surface area contributed by atoms with Crippen LogP contribution in [-0.4, -0.2) is 12.2 Å². The average molecular weight is 241 g/mol. The Hall–Kier alpha value is -1.80. The zero-order chi connectivity index (χ0) is 13.1. The zero-order valence-corrected chi connectivity index (χ0v) is 11.1. The largest absolute Gasteiger partial charge is 0.389 e. The van der Waals surface area contributed by atoms with Gasteiger partial charge in [-0.15, -0.1) is 0 Å². The molecule has 0 heterocycles. The van der Waals surface area contributed by atoms with Crippen LogP contribution in [0.3, 0.4) is 0 Å². The van der Waals surface area contributed by atoms with E-state index in [1.165, 1.54) is 11.3 Å². The summed E-state index contributed by atoms with van der Waals surface area (Å²) in [6.45, 7) is 3.87. The number of aliphatic hydroxyl groups is 1. The van der Waals surface area contributed by atoms with Crippen LogP contribution in [0.25, 0.3) is 0 Å². The molecule has 0 spiro atoms. The molecule has 18 heavy (non-hydrogen) atoms. The van der Waals surface area contributed by atoms with Crippen molar-refractivity contribution in [3.05, 3.63) is 59.7 Å². The molecule has 2 aromatic rings. The summed E-state index contributed by atoms with van der Waals surface area (Å²) in [5.41, 5.74) is 4.47. The molecule has 0 saturated heterocycles. The van der Waals surface area contributed by atoms with Gasteiger partial charge in [-0.05, 0) is 49.2 Å². The quantitative estimate of drug-likeness (QED) is 0.883. The lowest BCUT2D eigenvalue weighted by Gasteiger charge is -2.20. The molecule has 2 nitrogen and oxygen atoms in total. The van der Waals surface area contributed by atoms with E-state index in [0.29, 0.717) is 0 Å². The first kappa shape index (κ1) is 12.7. The first-order valence-corrected chi connectivity index (χ1v) is 6.16. The lowest BCUT2D eigenvalue weighted by atomic mass is 10.1. The summed E-state index contributed by atoms with van der Waals surface area (Å²) in [4.78, 5) is 2.14. The van der Waals surface area contributed by atoms with E-state index in [0.717, 1.165) is 11.3 Å². The van der Waals surface area contributed by atoms with E-state index in [2.05, 4.69) is 36.1 Å². The van der Waals surface area contributed by atoms with Gasteiger partial charge in [-0.3, -0.25) is 0 Å². The van der Waals surface area contributed by atoms with E-state index in [1.807, 2.05) is 31.3 Å². The molecule has 2 aromatic carbocycles. The van der Waals surface area contributed by atoms with Crippen molar-refractivity contribution >= 4 is 11.4 Å². The van der Waals surface area contributed by atoms with Gasteiger partial charge in [-0.2, -0.15) is 0 Å². The highest BCUT2D eigenvalue weighted by atomic mass is 16.3. The van der Waals surface area contributed by atoms with Gasteiger partial charge in [-0.25, -0.2) is 0 Å². The molecule has 94 valence electrons. The number of hydrogen-bond acceptors (Lipinski definition) is 2. The van der Waals surface area contributed by atoms with Crippen molar-refractivity contribution in [2.45, 2.75) is 20.0 Å². The minimum absolute atomic E-state index is 0.414. The second kappa shape index (κ2) is 5.23. The normalized spacial score (nSPS) is 12.2. The molecule has 0 saturated carbocycles. The molecular weight excluding hydrogens is 222 g/mol. The van der Waals surface area contributed by atoms with Crippen LogP contribution < -0.4 is 4.90 Å². The topological polar surface area (TPSA) is 23.5 Å². The molecule has 0 radical (unpaired) electrons. The lowest BCUT2D eigenvalue weighted by molar-refractivity contribution is 0.199. The summed E-state index contributed by atoms with van der Waals surface area (Å²) in [7, 11) is 2.05. The van der Waals surface area contributed by atoms with Crippen LogP contribution in [0.5, 0.6) is 0 Å². The Kier molecular flexibility index (Phi) is 3.68. The molecule has 0 unspecified atom stereocenters. The zero-order valence-electron chi connectivity index (χ0n) is 11.1. The van der Waals surface area contributed by atoms with E-state index >= 15 is 0 Å². The molecule has 0 fully saturated rings. The van der Waals surface area contributed by atoms with Crippen molar-refractivity contribution in [1.82, 2.24) is 0 Å². The first-order chi connectivity index (χ1) is 8.58. The summed E-state index contributed by atoms with van der Waals surface area (Å²) in [6, 6.07) is 16.4. The van der Waals surface area contributed by atoms with Gasteiger partial charge < -0.3 is 10.0 Å². The van der Waals surface area contributed by atoms with Crippen molar-refractivity contribution in [2.24, 2.45) is 0 Å². The van der Waals surface area contributed by atoms with E-state index in [9.17, 15) is 5.11 Å². The Balaban J connectivity index is 2.26. The van der Waals surface area contributed by atoms with Gasteiger partial charge in [0, 0.05) is 18.4 Å². The van der Waals surface area contributed by atoms with Gasteiger partial charge in [0.2, 0.25) is 0 Å². The highest BCUT2D eigenvalue weighted by Crippen LogP contribution is 2.25. The van der Waals surface area contributed by atoms with Crippen LogP contribution in [0, 0.1) is 6.92 Å². The molecule has 0 amide bonds. The van der Waals surface area contributed by atoms with Gasteiger partial charge in [0.1, 0.15) is 0 Å². The second-order valence-electron chi connectivity index (χ2n) is 4.67. The van der Waals surface area contributed by atoms with Crippen molar-refractivity contribution in [3.63, 3.8) is 0 Å². The van der Waals surface area contributed by atoms with Crippen molar-refractivity contribution in [2.75, 3.05) is 11.9 Å². The third kappa shape index (κ3) is 2.71. The third-order valence-electron chi connectivity index (χ3n) is 3.15. The number of rotatable bonds is 3. The predicted molar refractivity (Wildman–Crippen MR) is 76.3 cm³/mol. The number of nitrogens with zero attached hydrogens (tertiary/aromatic N) is 1. The van der Waals surface area contributed by atoms with E-state index in [4.69, 9.17) is 0 Å². The molecule has 0 aliphatic rings. The smallest absolute Gasteiger partial charge is 0.0761 e. The van der Waals surface area contributed by atoms with Crippen LogP contribution in [-0.2, 0) is 0 Å². The number of aliphatic hydroxyl groups excluding tert-OH is 1. The van der Waals surface area contributed by atoms with Gasteiger partial charge >= 0.3 is 0 Å². The SMILES string of the molecule is Cc1cccc(N(C)c2ccc([C@@H](C)O)cc2)c1. The monoisotopic (exact) mass is 241 g/mol. The van der Waals surface area contributed by atoms with Crippen LogP contribution in [0.2, 0.25) is 0 Å². The van der Waals surface area contributed by atoms with Gasteiger partial charge in [-0.1, -0.05) is 24.3 Å². The molecule has 2 heteroatoms. The molecule has 0 aromatic heterocycles. The molecule has 1 N–H and O–H groups in total. The van der Waals surface area contributed by atoms with Gasteiger partial charge in [0.25, 0.3) is 0 Å². The Morgan fingerprint density at radius 2 is 1.67 bits per heavy atom. The summed E-state index contributed by atoms with van der Waals surface area (Å²) < 4.78 is 0. The van der Waals surface area contributed by atoms with Crippen LogP contribution in [0.4, 0.5) is 11.4 Å². The van der Waals surface area contributed by atoms with Crippen molar-refractivity contribution in [1.29, 1.82) is 0 Å². The lowest BCUT2D eigenvalue weighted by Crippen LogP contribution is -2.09. The average Bonchev–Trinajstić information content (AvgIpc) is 2.38. The number of hydrogen-bond donors (Lipinski definition) is 1. The van der Waals surface area contributed by atoms with E-state index in [-0.39, 0.29) is 0 Å². The van der Waals surface area contributed by atoms with Gasteiger partial charge in [0.15, 0.2) is 0 Å². The summed E-state index contributed by atoms with van der Waals surface area (Å²) in [5.74, 6) is 0. The van der Waals surface area contributed by atoms with Crippen molar-refractivity contribution < 1.29 is 5.11 Å². The fourth-order valence-electron chi connectivity index (χ4n) is 1.96. The summed E-state index contributed by atoms with van der Waals surface area (Å²) in [6.07, 6.45) is -0.414. The first-order valence-electron chi connectivity index (χ1n) is 6.16. The molecular formula is C16H19NO. The maximum Gasteiger partial charge on any atom is 0.0761 e. The Morgan fingerprint density at radius 3 is 2.22 bits per heavy atom. The van der Waals surface area contributed by atoms with Crippen LogP contribution >= 0.6 is 0 Å². The second-order valence-corrected chi connectivity index (χ2v) is 4.67. The Morgan fingerprint density at radius 1 is 1.00 bits per heavy atom. The maximum absolute atomic E-state index is 9.49. The van der Waals surface area contributed by atoms with Crippen LogP contribution in [0.1, 0.15) is 24.2 Å². The number of anilines is 2. The number of benzene rings is 2. The molecule has 0 aliphatic heterocycles. The predicted octanol–water partition coefficient (Wildman–Crippen LogP) is 3.82. The minimum Gasteiger partial charge on any atom is -0.389 e. The highest BCUT2D eigenvalue weighted by Gasteiger charge is 2.05. The molecule has 1 atom stereocenters. The van der Waals surface area contributed by atoms with Crippen molar-refractivity contribution in [3.8, 4) is 0 Å². The van der Waals surface area contributed by atoms with Crippen LogP contribution in [0.15, 0.2) is 48.5 Å². The maximum atomic E-state index is 9.49. The Labute approximate surface area is 109 Å². The standard InChI is InChI=1S/C16H19NO/c1-12-5-4-6-16(11-12)17(3)15-9-7-14(8-10-15)13(2)18/h4-11,13,18H,1-3H3/t13-/m1/s1. The van der Waals surface area contributed by atoms with E-state index in [1.54, 1.807) is 6.92 Å². The summed E-state index contributed by atoms with van der Waals surface area (Å²) in [5, 5.41) is 9.49. The number of aryl methyl sites for hydroxylation is 1. The minimum atomic E-state index is -0.414. The van der Waals surface area contributed by atoms with Gasteiger partial charge in [0.05, 0.1) is 6.10 Å². The third-order valence-corrected chi connectivity index (χ3v) is 3.15. The Bertz CT molecular complexity index is 517. The molecule has 0 aliphatic carbocycles. The fraction of sp³-hybridized carbons (Fsp3) is 0.250. The van der Waals surface area contributed by atoms with E-state index < -0.39 is 6.10 Å². The molecule has 2 rings (SSSR count). The fourth-order valence-corrected chi connectivity index (χ4v) is 1.96. The molecule has 0 bridgehead atoms. The summed E-state index contributed by atoms with van der Waals surface area (Å²) >= 11 is 0. The highest BCUT2D eigenvalue weighted by molar-refractivity contribution is 5.63.